The Bertz CT molecular complexity index is 987. The van der Waals surface area contributed by atoms with Gasteiger partial charge < -0.3 is 13.9 Å². The molecule has 0 unspecified atom stereocenters. The molecule has 3 rings (SSSR count). The van der Waals surface area contributed by atoms with Crippen molar-refractivity contribution in [1.82, 2.24) is 9.13 Å². The standard InChI is InChI=1S/C20H22ClN3O2/c1-3-14-5-4-6-17-19(14)23(11-12-26-2)20(22)24(17)13-18(25)15-7-9-16(21)10-8-15/h4-10,22H,3,11-13H2,1-2H3. The molecule has 0 amide bonds. The number of ether oxygens (including phenoxy) is 1. The molecule has 5 nitrogen and oxygen atoms in total. The Balaban J connectivity index is 2.08. The molecule has 136 valence electrons. The Hall–Kier alpha value is -2.37. The molecule has 0 spiro atoms. The van der Waals surface area contributed by atoms with Gasteiger partial charge in [-0.1, -0.05) is 30.7 Å². The molecule has 2 aromatic carbocycles. The van der Waals surface area contributed by atoms with Crippen LogP contribution in [-0.4, -0.2) is 28.6 Å². The molecule has 0 bridgehead atoms. The van der Waals surface area contributed by atoms with Crippen LogP contribution >= 0.6 is 11.6 Å². The lowest BCUT2D eigenvalue weighted by molar-refractivity contribution is 0.0971. The van der Waals surface area contributed by atoms with E-state index < -0.39 is 0 Å². The van der Waals surface area contributed by atoms with Crippen molar-refractivity contribution >= 4 is 28.4 Å². The monoisotopic (exact) mass is 371 g/mol. The van der Waals surface area contributed by atoms with E-state index in [0.717, 1.165) is 23.0 Å². The summed E-state index contributed by atoms with van der Waals surface area (Å²) in [4.78, 5) is 12.7. The first kappa shape index (κ1) is 18.4. The molecule has 26 heavy (non-hydrogen) atoms. The van der Waals surface area contributed by atoms with Gasteiger partial charge in [0.15, 0.2) is 5.78 Å². The zero-order valence-corrected chi connectivity index (χ0v) is 15.7. The average Bonchev–Trinajstić information content (AvgIpc) is 2.92. The van der Waals surface area contributed by atoms with Gasteiger partial charge in [0.1, 0.15) is 0 Å². The number of halogens is 1. The zero-order valence-electron chi connectivity index (χ0n) is 15.0. The first-order valence-corrected chi connectivity index (χ1v) is 8.97. The number of nitrogens with zero attached hydrogens (tertiary/aromatic N) is 2. The molecule has 0 aliphatic rings. The molecule has 3 aromatic rings. The van der Waals surface area contributed by atoms with Gasteiger partial charge in [-0.25, -0.2) is 0 Å². The van der Waals surface area contributed by atoms with Gasteiger partial charge in [0.2, 0.25) is 5.62 Å². The molecular formula is C20H22ClN3O2. The van der Waals surface area contributed by atoms with Crippen LogP contribution in [0.5, 0.6) is 0 Å². The largest absolute Gasteiger partial charge is 0.383 e. The Labute approximate surface area is 157 Å². The number of hydrogen-bond acceptors (Lipinski definition) is 3. The molecule has 1 heterocycles. The van der Waals surface area contributed by atoms with Gasteiger partial charge in [0.05, 0.1) is 24.2 Å². The van der Waals surface area contributed by atoms with Gasteiger partial charge in [-0.15, -0.1) is 0 Å². The Morgan fingerprint density at radius 3 is 2.54 bits per heavy atom. The van der Waals surface area contributed by atoms with Gasteiger partial charge in [-0.3, -0.25) is 10.2 Å². The average molecular weight is 372 g/mol. The maximum Gasteiger partial charge on any atom is 0.203 e. The zero-order chi connectivity index (χ0) is 18.7. The highest BCUT2D eigenvalue weighted by atomic mass is 35.5. The van der Waals surface area contributed by atoms with Crippen molar-refractivity contribution in [2.24, 2.45) is 0 Å². The molecule has 6 heteroatoms. The maximum absolute atomic E-state index is 12.7. The highest BCUT2D eigenvalue weighted by Crippen LogP contribution is 2.20. The van der Waals surface area contributed by atoms with Crippen LogP contribution in [-0.2, 0) is 24.2 Å². The summed E-state index contributed by atoms with van der Waals surface area (Å²) in [7, 11) is 1.65. The van der Waals surface area contributed by atoms with Crippen molar-refractivity contribution in [3.8, 4) is 0 Å². The summed E-state index contributed by atoms with van der Waals surface area (Å²) < 4.78 is 8.89. The predicted molar refractivity (Wildman–Crippen MR) is 103 cm³/mol. The number of aromatic nitrogens is 2. The number of para-hydroxylation sites is 1. The van der Waals surface area contributed by atoms with Gasteiger partial charge >= 0.3 is 0 Å². The van der Waals surface area contributed by atoms with E-state index in [2.05, 4.69) is 13.0 Å². The van der Waals surface area contributed by atoms with Crippen molar-refractivity contribution in [3.05, 3.63) is 64.2 Å². The number of Topliss-reactive ketones (excluding diaryl/α,β-unsaturated/α-hetero) is 1. The number of imidazole rings is 1. The lowest BCUT2D eigenvalue weighted by Crippen LogP contribution is -2.28. The number of benzene rings is 2. The van der Waals surface area contributed by atoms with Gasteiger partial charge in [0.25, 0.3) is 0 Å². The summed E-state index contributed by atoms with van der Waals surface area (Å²) in [6, 6.07) is 12.9. The normalized spacial score (nSPS) is 11.2. The van der Waals surface area contributed by atoms with Gasteiger partial charge in [-0.05, 0) is 42.3 Å². The SMILES string of the molecule is CCc1cccc2c1n(CCOC)c(=N)n2CC(=O)c1ccc(Cl)cc1. The molecule has 0 atom stereocenters. The molecule has 1 aromatic heterocycles. The highest BCUT2D eigenvalue weighted by Gasteiger charge is 2.16. The number of carbonyl (C=O) groups is 1. The molecular weight excluding hydrogens is 350 g/mol. The number of hydrogen-bond donors (Lipinski definition) is 1. The van der Waals surface area contributed by atoms with Crippen LogP contribution < -0.4 is 5.62 Å². The predicted octanol–water partition coefficient (Wildman–Crippen LogP) is 3.67. The molecule has 0 aliphatic heterocycles. The van der Waals surface area contributed by atoms with Gasteiger partial charge in [-0.2, -0.15) is 0 Å². The smallest absolute Gasteiger partial charge is 0.203 e. The van der Waals surface area contributed by atoms with Crippen molar-refractivity contribution in [2.45, 2.75) is 26.4 Å². The summed E-state index contributed by atoms with van der Waals surface area (Å²) in [5.74, 6) is -0.0483. The third-order valence-electron chi connectivity index (χ3n) is 4.54. The van der Waals surface area contributed by atoms with E-state index in [-0.39, 0.29) is 12.3 Å². The maximum atomic E-state index is 12.7. The third-order valence-corrected chi connectivity index (χ3v) is 4.79. The molecule has 0 saturated carbocycles. The number of methoxy groups -OCH3 is 1. The van der Waals surface area contributed by atoms with E-state index in [1.165, 1.54) is 0 Å². The van der Waals surface area contributed by atoms with Crippen LogP contribution in [0.3, 0.4) is 0 Å². The molecule has 1 N–H and O–H groups in total. The van der Waals surface area contributed by atoms with E-state index >= 15 is 0 Å². The minimum absolute atomic E-state index is 0.0483. The van der Waals surface area contributed by atoms with Crippen LogP contribution in [0.25, 0.3) is 11.0 Å². The summed E-state index contributed by atoms with van der Waals surface area (Å²) >= 11 is 5.90. The van der Waals surface area contributed by atoms with E-state index in [9.17, 15) is 4.79 Å². The van der Waals surface area contributed by atoms with Crippen molar-refractivity contribution in [1.29, 1.82) is 5.41 Å². The first-order valence-electron chi connectivity index (χ1n) is 8.60. The number of rotatable bonds is 7. The van der Waals surface area contributed by atoms with Crippen LogP contribution in [0.2, 0.25) is 5.02 Å². The Kier molecular flexibility index (Phi) is 5.59. The van der Waals surface area contributed by atoms with Crippen molar-refractivity contribution < 1.29 is 9.53 Å². The second-order valence-corrected chi connectivity index (χ2v) is 6.56. The number of carbonyl (C=O) groups excluding carboxylic acids is 1. The van der Waals surface area contributed by atoms with Crippen molar-refractivity contribution in [3.63, 3.8) is 0 Å². The second kappa shape index (κ2) is 7.89. The summed E-state index contributed by atoms with van der Waals surface area (Å²) in [5.41, 5.74) is 3.95. The lowest BCUT2D eigenvalue weighted by Gasteiger charge is -2.06. The van der Waals surface area contributed by atoms with E-state index in [4.69, 9.17) is 21.7 Å². The van der Waals surface area contributed by atoms with Crippen molar-refractivity contribution in [2.75, 3.05) is 13.7 Å². The third kappa shape index (κ3) is 3.45. The summed E-state index contributed by atoms with van der Waals surface area (Å²) in [6.07, 6.45) is 0.860. The fraction of sp³-hybridized carbons (Fsp3) is 0.300. The lowest BCUT2D eigenvalue weighted by atomic mass is 10.1. The van der Waals surface area contributed by atoms with E-state index in [1.807, 2.05) is 16.7 Å². The van der Waals surface area contributed by atoms with E-state index in [1.54, 1.807) is 35.9 Å². The highest BCUT2D eigenvalue weighted by molar-refractivity contribution is 6.30. The van der Waals surface area contributed by atoms with Crippen LogP contribution in [0.15, 0.2) is 42.5 Å². The summed E-state index contributed by atoms with van der Waals surface area (Å²) in [6.45, 7) is 3.29. The number of fused-ring (bicyclic) bond motifs is 1. The fourth-order valence-corrected chi connectivity index (χ4v) is 3.32. The number of ketones is 1. The van der Waals surface area contributed by atoms with Crippen LogP contribution in [0, 0.1) is 5.41 Å². The topological polar surface area (TPSA) is 60.0 Å². The Morgan fingerprint density at radius 2 is 1.88 bits per heavy atom. The summed E-state index contributed by atoms with van der Waals surface area (Å²) in [5, 5.41) is 9.21. The van der Waals surface area contributed by atoms with Crippen LogP contribution in [0.4, 0.5) is 0 Å². The van der Waals surface area contributed by atoms with Crippen LogP contribution in [0.1, 0.15) is 22.8 Å². The molecule has 0 saturated heterocycles. The second-order valence-electron chi connectivity index (χ2n) is 6.12. The quantitative estimate of drug-likeness (QED) is 0.644. The molecule has 0 fully saturated rings. The molecule has 0 aliphatic carbocycles. The fourth-order valence-electron chi connectivity index (χ4n) is 3.19. The Morgan fingerprint density at radius 1 is 1.15 bits per heavy atom. The molecule has 0 radical (unpaired) electrons. The number of nitrogens with one attached hydrogen (secondary N) is 1. The first-order chi connectivity index (χ1) is 12.6. The number of aryl methyl sites for hydroxylation is 1. The minimum atomic E-state index is -0.0483. The van der Waals surface area contributed by atoms with E-state index in [0.29, 0.717) is 29.4 Å². The minimum Gasteiger partial charge on any atom is -0.383 e. The van der Waals surface area contributed by atoms with Gasteiger partial charge in [0, 0.05) is 24.2 Å².